The molecule has 0 radical (unpaired) electrons. The Labute approximate surface area is 199 Å². The van der Waals surface area contributed by atoms with Gasteiger partial charge in [0.15, 0.2) is 0 Å². The molecule has 33 heavy (non-hydrogen) atoms. The molecule has 7 heteroatoms. The first-order valence-electron chi connectivity index (χ1n) is 11.7. The highest BCUT2D eigenvalue weighted by molar-refractivity contribution is 5.93. The lowest BCUT2D eigenvalue weighted by atomic mass is 9.81. The summed E-state index contributed by atoms with van der Waals surface area (Å²) in [6.07, 6.45) is 11.1. The molecule has 0 heterocycles. The predicted octanol–water partition coefficient (Wildman–Crippen LogP) is 3.68. The summed E-state index contributed by atoms with van der Waals surface area (Å²) in [4.78, 5) is 39.5. The number of amides is 2. The highest BCUT2D eigenvalue weighted by Gasteiger charge is 2.51. The molecule has 3 N–H and O–H groups in total. The fourth-order valence-corrected chi connectivity index (χ4v) is 3.89. The molecule has 0 aromatic carbocycles. The third-order valence-corrected chi connectivity index (χ3v) is 6.29. The molecule has 1 rings (SSSR count). The van der Waals surface area contributed by atoms with Gasteiger partial charge in [0.1, 0.15) is 11.6 Å². The maximum Gasteiger partial charge on any atom is 0.331 e. The molecule has 0 aromatic heterocycles. The van der Waals surface area contributed by atoms with Gasteiger partial charge in [-0.25, -0.2) is 4.79 Å². The van der Waals surface area contributed by atoms with E-state index in [4.69, 9.17) is 5.11 Å². The van der Waals surface area contributed by atoms with Crippen LogP contribution in [0.3, 0.4) is 0 Å². The van der Waals surface area contributed by atoms with Crippen LogP contribution in [0.1, 0.15) is 67.2 Å². The van der Waals surface area contributed by atoms with Gasteiger partial charge in [-0.05, 0) is 64.8 Å². The molecule has 0 saturated heterocycles. The summed E-state index contributed by atoms with van der Waals surface area (Å²) >= 11 is 0. The largest absolute Gasteiger partial charge is 0.478 e. The summed E-state index contributed by atoms with van der Waals surface area (Å²) in [5.74, 6) is -1.20. The van der Waals surface area contributed by atoms with Crippen molar-refractivity contribution in [2.75, 3.05) is 20.6 Å². The van der Waals surface area contributed by atoms with Crippen molar-refractivity contribution in [3.63, 3.8) is 0 Å². The average molecular weight is 462 g/mol. The Morgan fingerprint density at radius 1 is 1.15 bits per heavy atom. The van der Waals surface area contributed by atoms with Crippen LogP contribution in [-0.2, 0) is 14.4 Å². The van der Waals surface area contributed by atoms with Gasteiger partial charge in [-0.3, -0.25) is 9.59 Å². The second-order valence-corrected chi connectivity index (χ2v) is 10.2. The highest BCUT2D eigenvalue weighted by Crippen LogP contribution is 2.43. The van der Waals surface area contributed by atoms with E-state index in [0.717, 1.165) is 24.8 Å². The van der Waals surface area contributed by atoms with Crippen LogP contribution in [0.5, 0.6) is 0 Å². The number of carbonyl (C=O) groups excluding carboxylic acids is 2. The smallest absolute Gasteiger partial charge is 0.331 e. The SMILES string of the molecule is C/C=C\C/C=C(\C)CC(NC)(C(=O)NC(C(=O)N(C)C/C=C(\C)C(=O)O)C(C)(C)C)C1CC1. The molecule has 0 aromatic rings. The number of nitrogens with one attached hydrogen (secondary N) is 2. The van der Waals surface area contributed by atoms with Gasteiger partial charge < -0.3 is 20.6 Å². The molecule has 2 amide bonds. The van der Waals surface area contributed by atoms with Crippen molar-refractivity contribution in [2.45, 2.75) is 78.8 Å². The van der Waals surface area contributed by atoms with Crippen LogP contribution in [0.4, 0.5) is 0 Å². The van der Waals surface area contributed by atoms with Crippen molar-refractivity contribution < 1.29 is 19.5 Å². The Kier molecular flexibility index (Phi) is 10.6. The summed E-state index contributed by atoms with van der Waals surface area (Å²) in [7, 11) is 3.44. The van der Waals surface area contributed by atoms with Gasteiger partial charge in [-0.2, -0.15) is 0 Å². The number of allylic oxidation sites excluding steroid dienone is 3. The number of carbonyl (C=O) groups is 3. The van der Waals surface area contributed by atoms with Gasteiger partial charge in [0, 0.05) is 19.2 Å². The summed E-state index contributed by atoms with van der Waals surface area (Å²) in [5.41, 5.74) is 0.0223. The van der Waals surface area contributed by atoms with Crippen LogP contribution in [0.2, 0.25) is 0 Å². The molecule has 0 aliphatic heterocycles. The topological polar surface area (TPSA) is 98.7 Å². The van der Waals surface area contributed by atoms with Crippen molar-refractivity contribution >= 4 is 17.8 Å². The molecule has 1 aliphatic rings. The predicted molar refractivity (Wildman–Crippen MR) is 133 cm³/mol. The molecule has 7 nitrogen and oxygen atoms in total. The minimum Gasteiger partial charge on any atom is -0.478 e. The molecule has 0 spiro atoms. The number of nitrogens with zero attached hydrogens (tertiary/aromatic N) is 1. The van der Waals surface area contributed by atoms with Crippen molar-refractivity contribution in [2.24, 2.45) is 11.3 Å². The number of rotatable bonds is 12. The van der Waals surface area contributed by atoms with E-state index >= 15 is 0 Å². The minimum atomic E-state index is -1.02. The fourth-order valence-electron chi connectivity index (χ4n) is 3.89. The fraction of sp³-hybridized carbons (Fsp3) is 0.654. The number of likely N-dealkylation sites (N-methyl/N-ethyl adjacent to an activating group) is 2. The Morgan fingerprint density at radius 3 is 2.21 bits per heavy atom. The highest BCUT2D eigenvalue weighted by atomic mass is 16.4. The molecule has 1 aliphatic carbocycles. The monoisotopic (exact) mass is 461 g/mol. The van der Waals surface area contributed by atoms with Gasteiger partial charge in [0.25, 0.3) is 0 Å². The summed E-state index contributed by atoms with van der Waals surface area (Å²) in [6, 6.07) is -0.743. The number of hydrogen-bond donors (Lipinski definition) is 3. The lowest BCUT2D eigenvalue weighted by molar-refractivity contribution is -0.140. The van der Waals surface area contributed by atoms with Crippen molar-refractivity contribution in [1.82, 2.24) is 15.5 Å². The van der Waals surface area contributed by atoms with E-state index < -0.39 is 23.0 Å². The number of hydrogen-bond acceptors (Lipinski definition) is 4. The zero-order valence-corrected chi connectivity index (χ0v) is 21.6. The average Bonchev–Trinajstić information content (AvgIpc) is 3.58. The van der Waals surface area contributed by atoms with Crippen LogP contribution >= 0.6 is 0 Å². The van der Waals surface area contributed by atoms with Crippen molar-refractivity contribution in [3.05, 3.63) is 35.5 Å². The third-order valence-electron chi connectivity index (χ3n) is 6.29. The molecular weight excluding hydrogens is 418 g/mol. The van der Waals surface area contributed by atoms with Crippen LogP contribution in [0.15, 0.2) is 35.5 Å². The van der Waals surface area contributed by atoms with Crippen molar-refractivity contribution in [3.8, 4) is 0 Å². The lowest BCUT2D eigenvalue weighted by Crippen LogP contribution is -2.63. The second-order valence-electron chi connectivity index (χ2n) is 10.2. The minimum absolute atomic E-state index is 0.159. The first kappa shape index (κ1) is 28.6. The van der Waals surface area contributed by atoms with E-state index in [1.54, 1.807) is 7.05 Å². The number of carboxylic acid groups (broad SMARTS) is 1. The van der Waals surface area contributed by atoms with Crippen molar-refractivity contribution in [1.29, 1.82) is 0 Å². The first-order chi connectivity index (χ1) is 15.3. The van der Waals surface area contributed by atoms with E-state index in [-0.39, 0.29) is 29.9 Å². The second kappa shape index (κ2) is 12.2. The van der Waals surface area contributed by atoms with Gasteiger partial charge >= 0.3 is 5.97 Å². The first-order valence-corrected chi connectivity index (χ1v) is 11.7. The quantitative estimate of drug-likeness (QED) is 0.304. The molecule has 1 saturated carbocycles. The summed E-state index contributed by atoms with van der Waals surface area (Å²) in [5, 5.41) is 15.4. The molecule has 2 unspecified atom stereocenters. The lowest BCUT2D eigenvalue weighted by Gasteiger charge is -2.38. The molecule has 1 fully saturated rings. The Balaban J connectivity index is 3.13. The van der Waals surface area contributed by atoms with E-state index in [0.29, 0.717) is 6.42 Å². The van der Waals surface area contributed by atoms with Gasteiger partial charge in [-0.1, -0.05) is 50.6 Å². The molecule has 0 bridgehead atoms. The van der Waals surface area contributed by atoms with Crippen LogP contribution in [0, 0.1) is 11.3 Å². The zero-order valence-electron chi connectivity index (χ0n) is 21.6. The summed E-state index contributed by atoms with van der Waals surface area (Å²) < 4.78 is 0. The standard InChI is InChI=1S/C26H43N3O4/c1-9-10-11-12-18(2)17-26(27-7,20-13-14-20)24(33)28-21(25(4,5)6)22(30)29(8)16-15-19(3)23(31)32/h9-10,12,15,20-21,27H,11,13-14,16-17H2,1-8H3,(H,28,33)(H,31,32)/b10-9-,18-12+,19-15+. The van der Waals surface area contributed by atoms with Crippen LogP contribution < -0.4 is 10.6 Å². The van der Waals surface area contributed by atoms with Gasteiger partial charge in [-0.15, -0.1) is 0 Å². The van der Waals surface area contributed by atoms with E-state index in [1.165, 1.54) is 17.9 Å². The number of aliphatic carboxylic acids is 1. The Morgan fingerprint density at radius 2 is 1.76 bits per heavy atom. The van der Waals surface area contributed by atoms with Crippen LogP contribution in [-0.4, -0.2) is 60.0 Å². The molecular formula is C26H43N3O4. The maximum absolute atomic E-state index is 13.7. The Hall–Kier alpha value is -2.41. The van der Waals surface area contributed by atoms with Gasteiger partial charge in [0.2, 0.25) is 11.8 Å². The normalized spacial score (nSPS) is 18.1. The van der Waals surface area contributed by atoms with E-state index in [2.05, 4.69) is 22.8 Å². The number of carboxylic acids is 1. The molecule has 2 atom stereocenters. The Bertz CT molecular complexity index is 803. The summed E-state index contributed by atoms with van der Waals surface area (Å²) in [6.45, 7) is 11.4. The van der Waals surface area contributed by atoms with Crippen LogP contribution in [0.25, 0.3) is 0 Å². The van der Waals surface area contributed by atoms with E-state index in [1.807, 2.05) is 47.7 Å². The molecule has 186 valence electrons. The van der Waals surface area contributed by atoms with E-state index in [9.17, 15) is 14.4 Å². The third kappa shape index (κ3) is 8.14. The van der Waals surface area contributed by atoms with Gasteiger partial charge in [0.05, 0.1) is 0 Å². The zero-order chi connectivity index (χ0) is 25.4. The maximum atomic E-state index is 13.7.